The zero-order chi connectivity index (χ0) is 20.5. The fraction of sp³-hybridized carbons (Fsp3) is 0.0476. The number of aromatic nitrogens is 1. The van der Waals surface area contributed by atoms with Gasteiger partial charge in [-0.25, -0.2) is 8.78 Å². The SMILES string of the molecule is O=[N+]([O-])c1ccccc1Sc1cn(Cc2cc(F)cc(F)c2)c2cc(O)ccc12. The minimum absolute atomic E-state index is 0.00983. The molecule has 0 atom stereocenters. The van der Waals surface area contributed by atoms with Gasteiger partial charge in [0, 0.05) is 41.2 Å². The number of nitro groups is 1. The maximum atomic E-state index is 13.6. The zero-order valence-corrected chi connectivity index (χ0v) is 15.7. The van der Waals surface area contributed by atoms with E-state index in [9.17, 15) is 24.0 Å². The van der Waals surface area contributed by atoms with Gasteiger partial charge in [-0.3, -0.25) is 10.1 Å². The van der Waals surface area contributed by atoms with Crippen molar-refractivity contribution in [2.24, 2.45) is 0 Å². The second kappa shape index (κ2) is 7.56. The van der Waals surface area contributed by atoms with Gasteiger partial charge in [0.2, 0.25) is 0 Å². The summed E-state index contributed by atoms with van der Waals surface area (Å²) in [6.07, 6.45) is 1.76. The lowest BCUT2D eigenvalue weighted by Gasteiger charge is -2.06. The summed E-state index contributed by atoms with van der Waals surface area (Å²) in [7, 11) is 0. The van der Waals surface area contributed by atoms with E-state index in [0.717, 1.165) is 16.3 Å². The van der Waals surface area contributed by atoms with Crippen LogP contribution >= 0.6 is 11.8 Å². The Morgan fingerprint density at radius 3 is 2.45 bits per heavy atom. The number of hydrogen-bond acceptors (Lipinski definition) is 4. The lowest BCUT2D eigenvalue weighted by Crippen LogP contribution is -1.99. The number of phenols is 1. The van der Waals surface area contributed by atoms with Crippen LogP contribution in [0.15, 0.2) is 76.7 Å². The third kappa shape index (κ3) is 3.93. The van der Waals surface area contributed by atoms with Crippen molar-refractivity contribution in [3.8, 4) is 5.75 Å². The maximum Gasteiger partial charge on any atom is 0.283 e. The molecule has 0 amide bonds. The molecule has 146 valence electrons. The molecule has 0 aliphatic heterocycles. The number of benzene rings is 3. The normalized spacial score (nSPS) is 11.1. The summed E-state index contributed by atoms with van der Waals surface area (Å²) in [6, 6.07) is 14.5. The first kappa shape index (κ1) is 18.9. The summed E-state index contributed by atoms with van der Waals surface area (Å²) in [4.78, 5) is 12.1. The average Bonchev–Trinajstić information content (AvgIpc) is 2.97. The fourth-order valence-corrected chi connectivity index (χ4v) is 4.26. The smallest absolute Gasteiger partial charge is 0.283 e. The lowest BCUT2D eigenvalue weighted by molar-refractivity contribution is -0.387. The summed E-state index contributed by atoms with van der Waals surface area (Å²) in [5.74, 6) is -1.30. The van der Waals surface area contributed by atoms with E-state index in [1.54, 1.807) is 41.1 Å². The number of aromatic hydroxyl groups is 1. The Hall–Kier alpha value is -3.39. The van der Waals surface area contributed by atoms with Crippen molar-refractivity contribution in [2.75, 3.05) is 0 Å². The van der Waals surface area contributed by atoms with Crippen molar-refractivity contribution >= 4 is 28.4 Å². The van der Waals surface area contributed by atoms with E-state index in [2.05, 4.69) is 0 Å². The molecule has 3 aromatic carbocycles. The molecule has 0 saturated carbocycles. The van der Waals surface area contributed by atoms with E-state index < -0.39 is 16.6 Å². The van der Waals surface area contributed by atoms with Crippen molar-refractivity contribution in [1.29, 1.82) is 0 Å². The highest BCUT2D eigenvalue weighted by Crippen LogP contribution is 2.40. The zero-order valence-electron chi connectivity index (χ0n) is 14.9. The molecule has 0 spiro atoms. The third-order valence-electron chi connectivity index (χ3n) is 4.39. The summed E-state index contributed by atoms with van der Waals surface area (Å²) >= 11 is 1.22. The van der Waals surface area contributed by atoms with Gasteiger partial charge < -0.3 is 9.67 Å². The van der Waals surface area contributed by atoms with Gasteiger partial charge in [-0.2, -0.15) is 0 Å². The number of halogens is 2. The Morgan fingerprint density at radius 2 is 1.72 bits per heavy atom. The Morgan fingerprint density at radius 1 is 1.00 bits per heavy atom. The third-order valence-corrected chi connectivity index (χ3v) is 5.50. The molecular weight excluding hydrogens is 398 g/mol. The van der Waals surface area contributed by atoms with Crippen LogP contribution in [0.5, 0.6) is 5.75 Å². The van der Waals surface area contributed by atoms with E-state index in [1.165, 1.54) is 36.0 Å². The van der Waals surface area contributed by atoms with Crippen LogP contribution in [0.4, 0.5) is 14.5 Å². The standard InChI is InChI=1S/C21H14F2N2O3S/c22-14-7-13(8-15(23)9-14)11-24-12-21(17-6-5-16(26)10-19(17)24)29-20-4-2-1-3-18(20)25(27)28/h1-10,12,26H,11H2. The number of nitro benzene ring substituents is 1. The van der Waals surface area contributed by atoms with E-state index >= 15 is 0 Å². The predicted molar refractivity (Wildman–Crippen MR) is 106 cm³/mol. The highest BCUT2D eigenvalue weighted by Gasteiger charge is 2.17. The van der Waals surface area contributed by atoms with E-state index in [0.29, 0.717) is 16.0 Å². The molecule has 29 heavy (non-hydrogen) atoms. The molecule has 8 heteroatoms. The van der Waals surface area contributed by atoms with Crippen LogP contribution in [0.3, 0.4) is 0 Å². The minimum Gasteiger partial charge on any atom is -0.508 e. The van der Waals surface area contributed by atoms with E-state index in [4.69, 9.17) is 0 Å². The Labute approximate surface area is 168 Å². The molecule has 0 radical (unpaired) electrons. The van der Waals surface area contributed by atoms with Gasteiger partial charge in [0.05, 0.1) is 15.3 Å². The molecule has 4 aromatic rings. The second-order valence-electron chi connectivity index (χ2n) is 6.43. The lowest BCUT2D eigenvalue weighted by atomic mass is 10.2. The molecule has 0 saturated heterocycles. The summed E-state index contributed by atoms with van der Waals surface area (Å²) in [5.41, 5.74) is 1.06. The molecule has 1 aromatic heterocycles. The number of rotatable bonds is 5. The number of para-hydroxylation sites is 1. The van der Waals surface area contributed by atoms with Crippen LogP contribution in [0.25, 0.3) is 10.9 Å². The van der Waals surface area contributed by atoms with Crippen LogP contribution in [-0.2, 0) is 6.54 Å². The van der Waals surface area contributed by atoms with Crippen LogP contribution in [0.1, 0.15) is 5.56 Å². The Kier molecular flexibility index (Phi) is 4.94. The fourth-order valence-electron chi connectivity index (χ4n) is 3.17. The first-order chi connectivity index (χ1) is 13.9. The minimum atomic E-state index is -0.672. The summed E-state index contributed by atoms with van der Waals surface area (Å²) in [6.45, 7) is 0.173. The molecule has 0 aliphatic rings. The van der Waals surface area contributed by atoms with Gasteiger partial charge in [-0.1, -0.05) is 23.9 Å². The Balaban J connectivity index is 1.79. The van der Waals surface area contributed by atoms with Crippen molar-refractivity contribution in [2.45, 2.75) is 16.3 Å². The van der Waals surface area contributed by atoms with Gasteiger partial charge in [-0.05, 0) is 35.9 Å². The molecule has 0 unspecified atom stereocenters. The van der Waals surface area contributed by atoms with Crippen molar-refractivity contribution < 1.29 is 18.8 Å². The first-order valence-corrected chi connectivity index (χ1v) is 9.40. The topological polar surface area (TPSA) is 68.3 Å². The van der Waals surface area contributed by atoms with Crippen LogP contribution in [-0.4, -0.2) is 14.6 Å². The van der Waals surface area contributed by atoms with Gasteiger partial charge in [-0.15, -0.1) is 0 Å². The molecular formula is C21H14F2N2O3S. The summed E-state index contributed by atoms with van der Waals surface area (Å²) in [5, 5.41) is 22.0. The number of phenolic OH excluding ortho intramolecular Hbond substituents is 1. The molecule has 0 fully saturated rings. The molecule has 5 nitrogen and oxygen atoms in total. The maximum absolute atomic E-state index is 13.6. The molecule has 0 aliphatic carbocycles. The molecule has 1 heterocycles. The van der Waals surface area contributed by atoms with Gasteiger partial charge in [0.25, 0.3) is 5.69 Å². The van der Waals surface area contributed by atoms with Gasteiger partial charge in [0.1, 0.15) is 17.4 Å². The highest BCUT2D eigenvalue weighted by molar-refractivity contribution is 7.99. The number of hydrogen-bond donors (Lipinski definition) is 1. The van der Waals surface area contributed by atoms with Gasteiger partial charge >= 0.3 is 0 Å². The quantitative estimate of drug-likeness (QED) is 0.336. The summed E-state index contributed by atoms with van der Waals surface area (Å²) < 4.78 is 28.9. The number of nitrogens with zero attached hydrogens (tertiary/aromatic N) is 2. The first-order valence-electron chi connectivity index (χ1n) is 8.59. The monoisotopic (exact) mass is 412 g/mol. The van der Waals surface area contributed by atoms with Crippen LogP contribution < -0.4 is 0 Å². The average molecular weight is 412 g/mol. The van der Waals surface area contributed by atoms with Crippen LogP contribution in [0.2, 0.25) is 0 Å². The largest absolute Gasteiger partial charge is 0.508 e. The van der Waals surface area contributed by atoms with Crippen molar-refractivity contribution in [3.63, 3.8) is 0 Å². The highest BCUT2D eigenvalue weighted by atomic mass is 32.2. The van der Waals surface area contributed by atoms with Gasteiger partial charge in [0.15, 0.2) is 0 Å². The second-order valence-corrected chi connectivity index (χ2v) is 7.51. The molecule has 0 bridgehead atoms. The van der Waals surface area contributed by atoms with E-state index in [-0.39, 0.29) is 18.0 Å². The van der Waals surface area contributed by atoms with Crippen molar-refractivity contribution in [1.82, 2.24) is 4.57 Å². The van der Waals surface area contributed by atoms with Crippen LogP contribution in [0, 0.1) is 21.7 Å². The van der Waals surface area contributed by atoms with E-state index in [1.807, 2.05) is 0 Å². The molecule has 4 rings (SSSR count). The molecule has 1 N–H and O–H groups in total. The predicted octanol–water partition coefficient (Wildman–Crippen LogP) is 5.73. The number of fused-ring (bicyclic) bond motifs is 1. The Bertz CT molecular complexity index is 1220. The van der Waals surface area contributed by atoms with Crippen molar-refractivity contribution in [3.05, 3.63) is 94.2 Å².